The maximum Gasteiger partial charge on any atom is 0.171 e. The van der Waals surface area contributed by atoms with Crippen LogP contribution in [0.3, 0.4) is 0 Å². The molecule has 0 aliphatic carbocycles. The molecule has 0 atom stereocenters. The van der Waals surface area contributed by atoms with Gasteiger partial charge in [-0.2, -0.15) is 0 Å². The van der Waals surface area contributed by atoms with Crippen LogP contribution in [0.5, 0.6) is 0 Å². The zero-order valence-corrected chi connectivity index (χ0v) is 12.5. The van der Waals surface area contributed by atoms with Gasteiger partial charge in [-0.3, -0.25) is 0 Å². The SMILES string of the molecule is CCc1ccsc1-c1nc(Cl)c2ccc(Cl)cc2n1. The molecule has 96 valence electrons. The van der Waals surface area contributed by atoms with Gasteiger partial charge in [-0.25, -0.2) is 9.97 Å². The summed E-state index contributed by atoms with van der Waals surface area (Å²) in [6, 6.07) is 7.55. The molecule has 2 aromatic heterocycles. The first-order chi connectivity index (χ1) is 9.19. The largest absolute Gasteiger partial charge is 0.227 e. The summed E-state index contributed by atoms with van der Waals surface area (Å²) >= 11 is 13.9. The number of benzene rings is 1. The lowest BCUT2D eigenvalue weighted by Gasteiger charge is -2.05. The van der Waals surface area contributed by atoms with Crippen molar-refractivity contribution < 1.29 is 0 Å². The molecule has 3 rings (SSSR count). The van der Waals surface area contributed by atoms with E-state index in [9.17, 15) is 0 Å². The van der Waals surface area contributed by atoms with Crippen molar-refractivity contribution in [3.63, 3.8) is 0 Å². The molecule has 0 bridgehead atoms. The Hall–Kier alpha value is -1.16. The number of fused-ring (bicyclic) bond motifs is 1. The molecule has 0 radical (unpaired) electrons. The summed E-state index contributed by atoms with van der Waals surface area (Å²) < 4.78 is 0. The molecule has 2 heterocycles. The third-order valence-electron chi connectivity index (χ3n) is 2.94. The monoisotopic (exact) mass is 308 g/mol. The molecule has 0 unspecified atom stereocenters. The van der Waals surface area contributed by atoms with Crippen LogP contribution in [0, 0.1) is 0 Å². The predicted molar refractivity (Wildman–Crippen MR) is 82.2 cm³/mol. The van der Waals surface area contributed by atoms with Crippen LogP contribution in [-0.2, 0) is 6.42 Å². The average Bonchev–Trinajstić information content (AvgIpc) is 2.86. The Balaban J connectivity index is 2.25. The van der Waals surface area contributed by atoms with Crippen molar-refractivity contribution in [2.24, 2.45) is 0 Å². The molecule has 0 N–H and O–H groups in total. The number of aryl methyl sites for hydroxylation is 1. The molecule has 0 saturated heterocycles. The summed E-state index contributed by atoms with van der Waals surface area (Å²) in [7, 11) is 0. The lowest BCUT2D eigenvalue weighted by molar-refractivity contribution is 1.14. The van der Waals surface area contributed by atoms with Gasteiger partial charge in [0.25, 0.3) is 0 Å². The highest BCUT2D eigenvalue weighted by atomic mass is 35.5. The van der Waals surface area contributed by atoms with Gasteiger partial charge in [-0.05, 0) is 41.6 Å². The molecule has 5 heteroatoms. The second-order valence-electron chi connectivity index (χ2n) is 4.13. The van der Waals surface area contributed by atoms with Gasteiger partial charge in [0, 0.05) is 10.4 Å². The van der Waals surface area contributed by atoms with Gasteiger partial charge in [0.05, 0.1) is 10.4 Å². The van der Waals surface area contributed by atoms with Crippen molar-refractivity contribution in [2.75, 3.05) is 0 Å². The van der Waals surface area contributed by atoms with Gasteiger partial charge in [0.1, 0.15) is 5.15 Å². The van der Waals surface area contributed by atoms with Crippen LogP contribution < -0.4 is 0 Å². The number of thiophene rings is 1. The second kappa shape index (κ2) is 5.08. The number of halogens is 2. The van der Waals surface area contributed by atoms with E-state index in [1.807, 2.05) is 17.5 Å². The second-order valence-corrected chi connectivity index (χ2v) is 5.84. The minimum Gasteiger partial charge on any atom is -0.227 e. The Bertz CT molecular complexity index is 752. The summed E-state index contributed by atoms with van der Waals surface area (Å²) in [5, 5.41) is 3.99. The van der Waals surface area contributed by atoms with Gasteiger partial charge < -0.3 is 0 Å². The number of nitrogens with zero attached hydrogens (tertiary/aromatic N) is 2. The minimum atomic E-state index is 0.465. The van der Waals surface area contributed by atoms with Gasteiger partial charge in [0.15, 0.2) is 5.82 Å². The molecule has 1 aromatic carbocycles. The summed E-state index contributed by atoms with van der Waals surface area (Å²) in [4.78, 5) is 10.1. The minimum absolute atomic E-state index is 0.465. The van der Waals surface area contributed by atoms with Crippen LogP contribution in [0.4, 0.5) is 0 Å². The number of rotatable bonds is 2. The number of hydrogen-bond donors (Lipinski definition) is 0. The van der Waals surface area contributed by atoms with E-state index >= 15 is 0 Å². The predicted octanol–water partition coefficient (Wildman–Crippen LogP) is 5.23. The highest BCUT2D eigenvalue weighted by Crippen LogP contribution is 2.31. The van der Waals surface area contributed by atoms with Crippen LogP contribution in [0.2, 0.25) is 10.2 Å². The van der Waals surface area contributed by atoms with Gasteiger partial charge in [0.2, 0.25) is 0 Å². The van der Waals surface area contributed by atoms with Crippen LogP contribution in [0.25, 0.3) is 21.6 Å². The fraction of sp³-hybridized carbons (Fsp3) is 0.143. The molecule has 2 nitrogen and oxygen atoms in total. The zero-order valence-electron chi connectivity index (χ0n) is 10.2. The standard InChI is InChI=1S/C14H10Cl2N2S/c1-2-8-5-6-19-12(8)14-17-11-7-9(15)3-4-10(11)13(16)18-14/h3-7H,2H2,1H3. The first-order valence-corrected chi connectivity index (χ1v) is 7.52. The molecule has 0 spiro atoms. The molecule has 0 saturated carbocycles. The van der Waals surface area contributed by atoms with Crippen LogP contribution in [0.1, 0.15) is 12.5 Å². The van der Waals surface area contributed by atoms with E-state index in [1.54, 1.807) is 17.4 Å². The van der Waals surface area contributed by atoms with E-state index in [0.29, 0.717) is 16.0 Å². The molecule has 3 aromatic rings. The zero-order chi connectivity index (χ0) is 13.4. The Labute approximate surface area is 125 Å². The Kier molecular flexibility index (Phi) is 3.44. The number of aromatic nitrogens is 2. The van der Waals surface area contributed by atoms with E-state index in [1.165, 1.54) is 5.56 Å². The normalized spacial score (nSPS) is 11.1. The third-order valence-corrected chi connectivity index (χ3v) is 4.42. The highest BCUT2D eigenvalue weighted by molar-refractivity contribution is 7.13. The van der Waals surface area contributed by atoms with Gasteiger partial charge in [-0.1, -0.05) is 30.1 Å². The third kappa shape index (κ3) is 2.34. The van der Waals surface area contributed by atoms with Crippen molar-refractivity contribution in [2.45, 2.75) is 13.3 Å². The molecular weight excluding hydrogens is 299 g/mol. The summed E-state index contributed by atoms with van der Waals surface area (Å²) in [5.74, 6) is 0.673. The van der Waals surface area contributed by atoms with Crippen molar-refractivity contribution in [3.8, 4) is 10.7 Å². The van der Waals surface area contributed by atoms with Crippen molar-refractivity contribution in [3.05, 3.63) is 45.4 Å². The molecule has 0 aliphatic heterocycles. The fourth-order valence-electron chi connectivity index (χ4n) is 1.98. The quantitative estimate of drug-likeness (QED) is 0.606. The summed E-state index contributed by atoms with van der Waals surface area (Å²) in [6.07, 6.45) is 0.952. The molecule has 0 aliphatic rings. The average molecular weight is 309 g/mol. The first kappa shape index (κ1) is 12.9. The van der Waals surface area contributed by atoms with E-state index < -0.39 is 0 Å². The lowest BCUT2D eigenvalue weighted by atomic mass is 10.2. The van der Waals surface area contributed by atoms with E-state index in [0.717, 1.165) is 22.2 Å². The fourth-order valence-corrected chi connectivity index (χ4v) is 3.31. The van der Waals surface area contributed by atoms with Crippen molar-refractivity contribution in [1.82, 2.24) is 9.97 Å². The highest BCUT2D eigenvalue weighted by Gasteiger charge is 2.12. The maximum absolute atomic E-state index is 6.24. The van der Waals surface area contributed by atoms with Gasteiger partial charge in [-0.15, -0.1) is 11.3 Å². The Morgan fingerprint density at radius 1 is 1.16 bits per heavy atom. The molecule has 19 heavy (non-hydrogen) atoms. The molecular formula is C14H10Cl2N2S. The first-order valence-electron chi connectivity index (χ1n) is 5.88. The topological polar surface area (TPSA) is 25.8 Å². The van der Waals surface area contributed by atoms with E-state index in [-0.39, 0.29) is 0 Å². The van der Waals surface area contributed by atoms with Crippen LogP contribution >= 0.6 is 34.5 Å². The molecule has 0 fully saturated rings. The lowest BCUT2D eigenvalue weighted by Crippen LogP contribution is -1.92. The maximum atomic E-state index is 6.24. The summed E-state index contributed by atoms with van der Waals surface area (Å²) in [5.41, 5.74) is 2.01. The Morgan fingerprint density at radius 3 is 2.79 bits per heavy atom. The van der Waals surface area contributed by atoms with E-state index in [2.05, 4.69) is 23.0 Å². The van der Waals surface area contributed by atoms with E-state index in [4.69, 9.17) is 23.2 Å². The van der Waals surface area contributed by atoms with Crippen LogP contribution in [0.15, 0.2) is 29.6 Å². The summed E-state index contributed by atoms with van der Waals surface area (Å²) in [6.45, 7) is 2.12. The molecule has 0 amide bonds. The number of hydrogen-bond acceptors (Lipinski definition) is 3. The van der Waals surface area contributed by atoms with Crippen LogP contribution in [-0.4, -0.2) is 9.97 Å². The van der Waals surface area contributed by atoms with Crippen molar-refractivity contribution in [1.29, 1.82) is 0 Å². The van der Waals surface area contributed by atoms with Gasteiger partial charge >= 0.3 is 0 Å². The smallest absolute Gasteiger partial charge is 0.171 e. The van der Waals surface area contributed by atoms with Crippen molar-refractivity contribution >= 4 is 45.4 Å². The Morgan fingerprint density at radius 2 is 2.00 bits per heavy atom.